The highest BCUT2D eigenvalue weighted by Crippen LogP contribution is 2.37. The zero-order valence-corrected chi connectivity index (χ0v) is 15.5. The summed E-state index contributed by atoms with van der Waals surface area (Å²) in [5.41, 5.74) is 0. The van der Waals surface area contributed by atoms with E-state index in [-0.39, 0.29) is 0 Å². The number of nitrogens with zero attached hydrogens (tertiary/aromatic N) is 2. The standard InChI is InChI=1S/C17H32N2.C3H8/c1-2-12-18-13-10-17(11-14-18)19(16-8-9-16)15-6-4-3-5-7-15;1-3-2/h15-17H,2-14H2,1H3;3H2,1-2H3. The molecule has 0 unspecified atom stereocenters. The molecule has 0 radical (unpaired) electrons. The molecule has 0 aromatic carbocycles. The minimum atomic E-state index is 0.920. The summed E-state index contributed by atoms with van der Waals surface area (Å²) in [6.07, 6.45) is 15.9. The molecule has 0 bridgehead atoms. The molecule has 0 aromatic rings. The lowest BCUT2D eigenvalue weighted by Crippen LogP contribution is -2.50. The molecule has 22 heavy (non-hydrogen) atoms. The number of piperidine rings is 1. The second-order valence-electron chi connectivity index (χ2n) is 7.75. The van der Waals surface area contributed by atoms with Crippen LogP contribution in [0.3, 0.4) is 0 Å². The van der Waals surface area contributed by atoms with Gasteiger partial charge < -0.3 is 4.90 Å². The summed E-state index contributed by atoms with van der Waals surface area (Å²) in [6.45, 7) is 10.6. The Bertz CT molecular complexity index is 273. The maximum atomic E-state index is 3.00. The van der Waals surface area contributed by atoms with E-state index in [0.29, 0.717) is 0 Å². The van der Waals surface area contributed by atoms with Gasteiger partial charge >= 0.3 is 0 Å². The number of likely N-dealkylation sites (tertiary alicyclic amines) is 1. The van der Waals surface area contributed by atoms with Gasteiger partial charge in [-0.3, -0.25) is 4.90 Å². The molecule has 1 aliphatic heterocycles. The molecule has 2 aliphatic carbocycles. The first-order chi connectivity index (χ1) is 10.8. The van der Waals surface area contributed by atoms with E-state index in [2.05, 4.69) is 30.6 Å². The summed E-state index contributed by atoms with van der Waals surface area (Å²) in [6, 6.07) is 2.85. The van der Waals surface area contributed by atoms with Crippen molar-refractivity contribution in [3.63, 3.8) is 0 Å². The van der Waals surface area contributed by atoms with Gasteiger partial charge in [-0.25, -0.2) is 0 Å². The predicted molar refractivity (Wildman–Crippen MR) is 97.5 cm³/mol. The highest BCUT2D eigenvalue weighted by molar-refractivity contribution is 4.95. The molecular formula is C20H40N2. The second-order valence-corrected chi connectivity index (χ2v) is 7.75. The van der Waals surface area contributed by atoms with Crippen molar-refractivity contribution < 1.29 is 0 Å². The van der Waals surface area contributed by atoms with Crippen molar-refractivity contribution in [3.8, 4) is 0 Å². The summed E-state index contributed by atoms with van der Waals surface area (Å²) in [7, 11) is 0. The summed E-state index contributed by atoms with van der Waals surface area (Å²) in [5.74, 6) is 0. The topological polar surface area (TPSA) is 6.48 Å². The molecule has 3 aliphatic rings. The summed E-state index contributed by atoms with van der Waals surface area (Å²) >= 11 is 0. The third-order valence-corrected chi connectivity index (χ3v) is 5.48. The largest absolute Gasteiger partial charge is 0.303 e. The zero-order chi connectivity index (χ0) is 15.8. The van der Waals surface area contributed by atoms with E-state index < -0.39 is 0 Å². The fraction of sp³-hybridized carbons (Fsp3) is 1.00. The van der Waals surface area contributed by atoms with Gasteiger partial charge in [0.15, 0.2) is 0 Å². The van der Waals surface area contributed by atoms with Gasteiger partial charge in [0.1, 0.15) is 0 Å². The third-order valence-electron chi connectivity index (χ3n) is 5.48. The number of rotatable bonds is 5. The van der Waals surface area contributed by atoms with Crippen LogP contribution in [-0.2, 0) is 0 Å². The monoisotopic (exact) mass is 308 g/mol. The summed E-state index contributed by atoms with van der Waals surface area (Å²) in [5, 5.41) is 0. The van der Waals surface area contributed by atoms with Gasteiger partial charge in [-0.15, -0.1) is 0 Å². The van der Waals surface area contributed by atoms with E-state index in [1.807, 2.05) is 0 Å². The summed E-state index contributed by atoms with van der Waals surface area (Å²) < 4.78 is 0. The maximum absolute atomic E-state index is 3.00. The van der Waals surface area contributed by atoms with Crippen LogP contribution in [0.1, 0.15) is 91.4 Å². The molecule has 0 spiro atoms. The average Bonchev–Trinajstić information content (AvgIpc) is 3.36. The fourth-order valence-corrected chi connectivity index (χ4v) is 4.40. The quantitative estimate of drug-likeness (QED) is 0.699. The van der Waals surface area contributed by atoms with Crippen LogP contribution in [-0.4, -0.2) is 47.6 Å². The van der Waals surface area contributed by atoms with Crippen molar-refractivity contribution in [1.29, 1.82) is 0 Å². The van der Waals surface area contributed by atoms with E-state index in [4.69, 9.17) is 0 Å². The number of hydrogen-bond donors (Lipinski definition) is 0. The molecule has 2 heteroatoms. The van der Waals surface area contributed by atoms with Gasteiger partial charge in [0.05, 0.1) is 0 Å². The van der Waals surface area contributed by atoms with E-state index >= 15 is 0 Å². The molecule has 130 valence electrons. The van der Waals surface area contributed by atoms with Crippen molar-refractivity contribution in [1.82, 2.24) is 9.80 Å². The molecule has 1 heterocycles. The normalized spacial score (nSPS) is 25.1. The zero-order valence-electron chi connectivity index (χ0n) is 15.5. The molecule has 0 atom stereocenters. The van der Waals surface area contributed by atoms with Gasteiger partial charge in [0, 0.05) is 18.1 Å². The maximum Gasteiger partial charge on any atom is 0.0125 e. The number of hydrogen-bond acceptors (Lipinski definition) is 2. The second kappa shape index (κ2) is 9.93. The first-order valence-electron chi connectivity index (χ1n) is 10.3. The van der Waals surface area contributed by atoms with Crippen LogP contribution in [0.2, 0.25) is 0 Å². The van der Waals surface area contributed by atoms with Crippen molar-refractivity contribution in [2.45, 2.75) is 110 Å². The van der Waals surface area contributed by atoms with Crippen LogP contribution in [0.4, 0.5) is 0 Å². The Morgan fingerprint density at radius 1 is 0.727 bits per heavy atom. The Kier molecular flexibility index (Phi) is 8.24. The summed E-state index contributed by atoms with van der Waals surface area (Å²) in [4.78, 5) is 5.69. The molecule has 0 aromatic heterocycles. The van der Waals surface area contributed by atoms with Crippen molar-refractivity contribution >= 4 is 0 Å². The molecule has 3 fully saturated rings. The molecular weight excluding hydrogens is 268 g/mol. The highest BCUT2D eigenvalue weighted by atomic mass is 15.3. The van der Waals surface area contributed by atoms with Gasteiger partial charge in [-0.05, 0) is 64.6 Å². The fourth-order valence-electron chi connectivity index (χ4n) is 4.40. The van der Waals surface area contributed by atoms with Gasteiger partial charge in [0.25, 0.3) is 0 Å². The minimum absolute atomic E-state index is 0.920. The van der Waals surface area contributed by atoms with Gasteiger partial charge in [-0.1, -0.05) is 46.5 Å². The smallest absolute Gasteiger partial charge is 0.0125 e. The van der Waals surface area contributed by atoms with E-state index in [1.54, 1.807) is 0 Å². The molecule has 0 N–H and O–H groups in total. The van der Waals surface area contributed by atoms with Crippen LogP contribution in [0.5, 0.6) is 0 Å². The first kappa shape index (κ1) is 18.3. The Balaban J connectivity index is 0.000000545. The molecule has 1 saturated heterocycles. The lowest BCUT2D eigenvalue weighted by molar-refractivity contribution is 0.0504. The van der Waals surface area contributed by atoms with E-state index in [0.717, 1.165) is 18.1 Å². The molecule has 2 nitrogen and oxygen atoms in total. The van der Waals surface area contributed by atoms with Crippen LogP contribution in [0.15, 0.2) is 0 Å². The SMILES string of the molecule is CCC.CCCN1CCC(N(C2CCCCC2)C2CC2)CC1. The molecule has 0 amide bonds. The predicted octanol–water partition coefficient (Wildman–Crippen LogP) is 5.07. The Labute approximate surface area is 139 Å². The Morgan fingerprint density at radius 2 is 1.23 bits per heavy atom. The lowest BCUT2D eigenvalue weighted by atomic mass is 9.91. The lowest BCUT2D eigenvalue weighted by Gasteiger charge is -2.44. The first-order valence-corrected chi connectivity index (χ1v) is 10.3. The Hall–Kier alpha value is -0.0800. The molecule has 3 rings (SSSR count). The minimum Gasteiger partial charge on any atom is -0.303 e. The third kappa shape index (κ3) is 5.53. The average molecular weight is 309 g/mol. The highest BCUT2D eigenvalue weighted by Gasteiger charge is 2.39. The van der Waals surface area contributed by atoms with Gasteiger partial charge in [0.2, 0.25) is 0 Å². The van der Waals surface area contributed by atoms with Gasteiger partial charge in [-0.2, -0.15) is 0 Å². The van der Waals surface area contributed by atoms with Crippen LogP contribution >= 0.6 is 0 Å². The van der Waals surface area contributed by atoms with Crippen LogP contribution < -0.4 is 0 Å². The van der Waals surface area contributed by atoms with Crippen LogP contribution in [0.25, 0.3) is 0 Å². The van der Waals surface area contributed by atoms with E-state index in [1.165, 1.54) is 90.3 Å². The van der Waals surface area contributed by atoms with Crippen molar-refractivity contribution in [2.75, 3.05) is 19.6 Å². The van der Waals surface area contributed by atoms with Crippen molar-refractivity contribution in [2.24, 2.45) is 0 Å². The van der Waals surface area contributed by atoms with E-state index in [9.17, 15) is 0 Å². The molecule has 2 saturated carbocycles. The van der Waals surface area contributed by atoms with Crippen molar-refractivity contribution in [3.05, 3.63) is 0 Å². The van der Waals surface area contributed by atoms with Crippen LogP contribution in [0, 0.1) is 0 Å². The Morgan fingerprint density at radius 3 is 1.73 bits per heavy atom.